The second kappa shape index (κ2) is 9.59. The fourth-order valence-electron chi connectivity index (χ4n) is 4.02. The Morgan fingerprint density at radius 3 is 2.19 bits per heavy atom. The molecule has 168 valence electrons. The summed E-state index contributed by atoms with van der Waals surface area (Å²) in [6.07, 6.45) is 2.92. The Kier molecular flexibility index (Phi) is 7.25. The standard InChI is InChI=1S/C29H36NOP/c1-8-29(7,25-18-20(2)17-24(26(25)31)28(4,5)6)32-27-21(3)13-12-14-22(27)19-30-23-15-10-9-11-16-23/h9-19,31-32H,8H2,1-7H3. The molecule has 0 saturated heterocycles. The molecule has 3 rings (SSSR count). The van der Waals surface area contributed by atoms with Crippen LogP contribution in [0.4, 0.5) is 5.69 Å². The van der Waals surface area contributed by atoms with E-state index in [1.165, 1.54) is 16.4 Å². The van der Waals surface area contributed by atoms with Crippen molar-refractivity contribution in [3.8, 4) is 5.75 Å². The van der Waals surface area contributed by atoms with Crippen molar-refractivity contribution in [1.82, 2.24) is 0 Å². The molecule has 32 heavy (non-hydrogen) atoms. The topological polar surface area (TPSA) is 32.6 Å². The van der Waals surface area contributed by atoms with Gasteiger partial charge in [-0.25, -0.2) is 0 Å². The maximum Gasteiger partial charge on any atom is 0.123 e. The largest absolute Gasteiger partial charge is 0.507 e. The molecule has 3 heteroatoms. The first-order chi connectivity index (χ1) is 15.0. The van der Waals surface area contributed by atoms with Gasteiger partial charge in [-0.2, -0.15) is 0 Å². The molecule has 0 aromatic heterocycles. The van der Waals surface area contributed by atoms with Gasteiger partial charge in [0.2, 0.25) is 0 Å². The quantitative estimate of drug-likeness (QED) is 0.306. The summed E-state index contributed by atoms with van der Waals surface area (Å²) in [6, 6.07) is 20.8. The predicted octanol–water partition coefficient (Wildman–Crippen LogP) is 7.69. The molecule has 2 atom stereocenters. The van der Waals surface area contributed by atoms with E-state index in [1.807, 2.05) is 36.5 Å². The highest BCUT2D eigenvalue weighted by Gasteiger charge is 2.32. The van der Waals surface area contributed by atoms with E-state index < -0.39 is 0 Å². The zero-order valence-corrected chi connectivity index (χ0v) is 21.5. The Labute approximate surface area is 195 Å². The molecule has 0 heterocycles. The van der Waals surface area contributed by atoms with E-state index in [9.17, 15) is 5.11 Å². The maximum absolute atomic E-state index is 11.4. The molecule has 0 amide bonds. The molecule has 0 radical (unpaired) electrons. The fraction of sp³-hybridized carbons (Fsp3) is 0.345. The van der Waals surface area contributed by atoms with E-state index in [0.717, 1.165) is 28.8 Å². The van der Waals surface area contributed by atoms with E-state index >= 15 is 0 Å². The van der Waals surface area contributed by atoms with Crippen molar-refractivity contribution in [3.05, 3.63) is 88.5 Å². The summed E-state index contributed by atoms with van der Waals surface area (Å²) in [6.45, 7) is 15.3. The number of para-hydroxylation sites is 1. The molecule has 2 nitrogen and oxygen atoms in total. The smallest absolute Gasteiger partial charge is 0.123 e. The summed E-state index contributed by atoms with van der Waals surface area (Å²) in [7, 11) is 0.512. The van der Waals surface area contributed by atoms with Crippen LogP contribution in [0.5, 0.6) is 5.75 Å². The summed E-state index contributed by atoms with van der Waals surface area (Å²) in [5.74, 6) is 0.452. The van der Waals surface area contributed by atoms with E-state index in [1.54, 1.807) is 0 Å². The second-order valence-corrected chi connectivity index (χ2v) is 11.8. The number of aromatic hydroxyl groups is 1. The fourth-order valence-corrected chi connectivity index (χ4v) is 5.65. The minimum absolute atomic E-state index is 0.112. The number of phenols is 1. The van der Waals surface area contributed by atoms with Crippen LogP contribution in [0.1, 0.15) is 68.9 Å². The van der Waals surface area contributed by atoms with Gasteiger partial charge in [0.05, 0.1) is 5.69 Å². The molecule has 3 aromatic carbocycles. The van der Waals surface area contributed by atoms with E-state index in [4.69, 9.17) is 4.99 Å². The third-order valence-corrected chi connectivity index (χ3v) is 8.29. The predicted molar refractivity (Wildman–Crippen MR) is 142 cm³/mol. The van der Waals surface area contributed by atoms with Crippen LogP contribution in [-0.4, -0.2) is 11.3 Å². The SMILES string of the molecule is CCC(C)(Pc1c(C)cccc1C=Nc1ccccc1)c1cc(C)cc(C(C)(C)C)c1O. The van der Waals surface area contributed by atoms with Crippen molar-refractivity contribution in [2.75, 3.05) is 0 Å². The Bertz CT molecular complexity index is 1110. The van der Waals surface area contributed by atoms with Crippen molar-refractivity contribution >= 4 is 25.8 Å². The first kappa shape index (κ1) is 24.2. The summed E-state index contributed by atoms with van der Waals surface area (Å²) in [5.41, 5.74) is 6.53. The molecular weight excluding hydrogens is 409 g/mol. The van der Waals surface area contributed by atoms with Gasteiger partial charge in [0.15, 0.2) is 0 Å². The molecule has 0 saturated carbocycles. The lowest BCUT2D eigenvalue weighted by molar-refractivity contribution is 0.430. The molecule has 0 bridgehead atoms. The van der Waals surface area contributed by atoms with Gasteiger partial charge in [-0.3, -0.25) is 4.99 Å². The van der Waals surface area contributed by atoms with Crippen LogP contribution in [-0.2, 0) is 10.6 Å². The van der Waals surface area contributed by atoms with Gasteiger partial charge in [0, 0.05) is 22.5 Å². The van der Waals surface area contributed by atoms with Gasteiger partial charge in [-0.1, -0.05) is 97.3 Å². The molecule has 0 fully saturated rings. The van der Waals surface area contributed by atoms with Crippen LogP contribution in [0.15, 0.2) is 65.7 Å². The Morgan fingerprint density at radius 2 is 1.56 bits per heavy atom. The number of hydrogen-bond donors (Lipinski definition) is 1. The monoisotopic (exact) mass is 445 g/mol. The number of rotatable bonds is 6. The number of aliphatic imine (C=N–C) groups is 1. The second-order valence-electron chi connectivity index (χ2n) is 9.90. The molecule has 0 spiro atoms. The third-order valence-electron chi connectivity index (χ3n) is 6.18. The molecule has 1 N–H and O–H groups in total. The number of benzene rings is 3. The van der Waals surface area contributed by atoms with Crippen LogP contribution in [0.3, 0.4) is 0 Å². The van der Waals surface area contributed by atoms with Gasteiger partial charge in [0.25, 0.3) is 0 Å². The number of hydrogen-bond acceptors (Lipinski definition) is 2. The van der Waals surface area contributed by atoms with Gasteiger partial charge in [-0.15, -0.1) is 0 Å². The first-order valence-corrected chi connectivity index (χ1v) is 12.4. The molecule has 2 unspecified atom stereocenters. The summed E-state index contributed by atoms with van der Waals surface area (Å²) in [4.78, 5) is 4.71. The lowest BCUT2D eigenvalue weighted by Crippen LogP contribution is -2.23. The van der Waals surface area contributed by atoms with Gasteiger partial charge >= 0.3 is 0 Å². The van der Waals surface area contributed by atoms with Crippen LogP contribution in [0, 0.1) is 13.8 Å². The summed E-state index contributed by atoms with van der Waals surface area (Å²) < 4.78 is 0. The molecule has 0 aliphatic carbocycles. The highest BCUT2D eigenvalue weighted by molar-refractivity contribution is 7.49. The highest BCUT2D eigenvalue weighted by atomic mass is 31.1. The zero-order valence-electron chi connectivity index (χ0n) is 20.5. The maximum atomic E-state index is 11.4. The molecular formula is C29H36NOP. The average molecular weight is 446 g/mol. The van der Waals surface area contributed by atoms with Crippen LogP contribution >= 0.6 is 8.58 Å². The van der Waals surface area contributed by atoms with Crippen molar-refractivity contribution in [2.24, 2.45) is 4.99 Å². The normalized spacial score (nSPS) is 14.3. The molecule has 3 aromatic rings. The highest BCUT2D eigenvalue weighted by Crippen LogP contribution is 2.50. The Hall–Kier alpha value is -2.44. The average Bonchev–Trinajstić information content (AvgIpc) is 2.75. The lowest BCUT2D eigenvalue weighted by Gasteiger charge is -2.34. The number of aryl methyl sites for hydroxylation is 2. The van der Waals surface area contributed by atoms with Crippen molar-refractivity contribution in [1.29, 1.82) is 0 Å². The third kappa shape index (κ3) is 5.30. The van der Waals surface area contributed by atoms with E-state index in [0.29, 0.717) is 14.3 Å². The Morgan fingerprint density at radius 1 is 0.906 bits per heavy atom. The number of nitrogens with zero attached hydrogens (tertiary/aromatic N) is 1. The molecule has 0 aliphatic rings. The molecule has 0 aliphatic heterocycles. The minimum atomic E-state index is -0.169. The van der Waals surface area contributed by atoms with Gasteiger partial charge < -0.3 is 5.11 Å². The lowest BCUT2D eigenvalue weighted by atomic mass is 9.82. The van der Waals surface area contributed by atoms with E-state index in [-0.39, 0.29) is 10.6 Å². The summed E-state index contributed by atoms with van der Waals surface area (Å²) in [5, 5.41) is 12.5. The van der Waals surface area contributed by atoms with E-state index in [2.05, 4.69) is 78.8 Å². The summed E-state index contributed by atoms with van der Waals surface area (Å²) >= 11 is 0. The zero-order chi connectivity index (χ0) is 23.5. The Balaban J connectivity index is 2.08. The van der Waals surface area contributed by atoms with Crippen LogP contribution in [0.25, 0.3) is 0 Å². The van der Waals surface area contributed by atoms with Crippen molar-refractivity contribution in [2.45, 2.75) is 65.5 Å². The van der Waals surface area contributed by atoms with Gasteiger partial charge in [0.1, 0.15) is 5.75 Å². The first-order valence-electron chi connectivity index (χ1n) is 11.4. The van der Waals surface area contributed by atoms with Crippen molar-refractivity contribution in [3.63, 3.8) is 0 Å². The van der Waals surface area contributed by atoms with Crippen LogP contribution < -0.4 is 5.30 Å². The van der Waals surface area contributed by atoms with Crippen molar-refractivity contribution < 1.29 is 5.11 Å². The minimum Gasteiger partial charge on any atom is -0.507 e. The van der Waals surface area contributed by atoms with Crippen LogP contribution in [0.2, 0.25) is 0 Å². The number of phenolic OH excluding ortho intramolecular Hbond substituents is 1. The van der Waals surface area contributed by atoms with Gasteiger partial charge in [-0.05, 0) is 54.2 Å².